The molecule has 0 heterocycles. The van der Waals surface area contributed by atoms with Crippen LogP contribution in [0, 0.1) is 5.82 Å². The van der Waals surface area contributed by atoms with E-state index in [-0.39, 0.29) is 5.56 Å². The summed E-state index contributed by atoms with van der Waals surface area (Å²) in [5, 5.41) is 0. The fourth-order valence-corrected chi connectivity index (χ4v) is 1.24. The number of aliphatic imine (C=N–C) groups is 1. The smallest absolute Gasteiger partial charge is 0.211 e. The molecule has 1 atom stereocenters. The maximum absolute atomic E-state index is 13.4. The molecule has 86 valence electrons. The summed E-state index contributed by atoms with van der Waals surface area (Å²) in [6, 6.07) is 1.87. The monoisotopic (exact) mass is 233 g/mol. The highest BCUT2D eigenvalue weighted by Gasteiger charge is 2.35. The van der Waals surface area contributed by atoms with Crippen LogP contribution in [-0.4, -0.2) is 6.08 Å². The van der Waals surface area contributed by atoms with E-state index in [1.54, 1.807) is 0 Å². The van der Waals surface area contributed by atoms with E-state index in [1.165, 1.54) is 13.0 Å². The standard InChI is InChI=1S/C10H7F4NO/c1-6(15-5-16)7-3-2-4-8(9(7)11)10(12,13)14/h2-4,6H,1H3. The molecule has 0 saturated carbocycles. The quantitative estimate of drug-likeness (QED) is 0.438. The lowest BCUT2D eigenvalue weighted by atomic mass is 10.0. The third-order valence-electron chi connectivity index (χ3n) is 2.03. The first kappa shape index (κ1) is 12.4. The van der Waals surface area contributed by atoms with Gasteiger partial charge in [0.2, 0.25) is 6.08 Å². The van der Waals surface area contributed by atoms with Crippen LogP contribution < -0.4 is 0 Å². The molecule has 0 aliphatic carbocycles. The second-order valence-corrected chi connectivity index (χ2v) is 3.10. The SMILES string of the molecule is CC(N=C=O)c1cccc(C(F)(F)F)c1F. The van der Waals surface area contributed by atoms with E-state index in [2.05, 4.69) is 4.99 Å². The molecule has 0 fully saturated rings. The predicted octanol–water partition coefficient (Wildman–Crippen LogP) is 3.24. The minimum absolute atomic E-state index is 0.279. The highest BCUT2D eigenvalue weighted by molar-refractivity contribution is 5.37. The van der Waals surface area contributed by atoms with Crippen molar-refractivity contribution in [1.82, 2.24) is 0 Å². The van der Waals surface area contributed by atoms with Crippen molar-refractivity contribution in [2.75, 3.05) is 0 Å². The number of nitrogens with zero attached hydrogens (tertiary/aromatic N) is 1. The zero-order valence-corrected chi connectivity index (χ0v) is 8.18. The van der Waals surface area contributed by atoms with Crippen molar-refractivity contribution in [2.45, 2.75) is 19.1 Å². The van der Waals surface area contributed by atoms with E-state index in [1.807, 2.05) is 0 Å². The summed E-state index contributed by atoms with van der Waals surface area (Å²) < 4.78 is 50.4. The molecular formula is C10H7F4NO. The fraction of sp³-hybridized carbons (Fsp3) is 0.300. The molecule has 0 aliphatic rings. The second-order valence-electron chi connectivity index (χ2n) is 3.10. The van der Waals surface area contributed by atoms with Crippen LogP contribution in [0.5, 0.6) is 0 Å². The van der Waals surface area contributed by atoms with Crippen LogP contribution in [0.1, 0.15) is 24.1 Å². The number of carbonyl (C=O) groups excluding carboxylic acids is 1. The molecule has 1 unspecified atom stereocenters. The van der Waals surface area contributed by atoms with Crippen LogP contribution in [0.25, 0.3) is 0 Å². The molecule has 0 bridgehead atoms. The lowest BCUT2D eigenvalue weighted by molar-refractivity contribution is -0.140. The molecule has 0 aromatic heterocycles. The van der Waals surface area contributed by atoms with Crippen molar-refractivity contribution < 1.29 is 22.4 Å². The zero-order chi connectivity index (χ0) is 12.3. The van der Waals surface area contributed by atoms with E-state index in [0.29, 0.717) is 6.07 Å². The van der Waals surface area contributed by atoms with Crippen LogP contribution in [0.3, 0.4) is 0 Å². The van der Waals surface area contributed by atoms with Gasteiger partial charge in [-0.25, -0.2) is 9.18 Å². The largest absolute Gasteiger partial charge is 0.419 e. The molecule has 0 saturated heterocycles. The molecule has 6 heteroatoms. The summed E-state index contributed by atoms with van der Waals surface area (Å²) >= 11 is 0. The van der Waals surface area contributed by atoms with Crippen molar-refractivity contribution in [3.63, 3.8) is 0 Å². The van der Waals surface area contributed by atoms with Gasteiger partial charge in [0.15, 0.2) is 0 Å². The van der Waals surface area contributed by atoms with Gasteiger partial charge in [0.25, 0.3) is 0 Å². The molecule has 2 nitrogen and oxygen atoms in total. The number of rotatable bonds is 2. The van der Waals surface area contributed by atoms with E-state index >= 15 is 0 Å². The lowest BCUT2D eigenvalue weighted by Gasteiger charge is -2.12. The molecular weight excluding hydrogens is 226 g/mol. The lowest BCUT2D eigenvalue weighted by Crippen LogP contribution is -2.10. The molecule has 0 aliphatic heterocycles. The highest BCUT2D eigenvalue weighted by Crippen LogP contribution is 2.34. The number of hydrogen-bond donors (Lipinski definition) is 0. The first-order valence-corrected chi connectivity index (χ1v) is 4.30. The Labute approximate surface area is 88.6 Å². The summed E-state index contributed by atoms with van der Waals surface area (Å²) in [6.45, 7) is 1.31. The van der Waals surface area contributed by atoms with Gasteiger partial charge in [-0.1, -0.05) is 12.1 Å². The number of hydrogen-bond acceptors (Lipinski definition) is 2. The minimum Gasteiger partial charge on any atom is -0.211 e. The molecule has 0 spiro atoms. The summed E-state index contributed by atoms with van der Waals surface area (Å²) in [5.41, 5.74) is -1.64. The Morgan fingerprint density at radius 2 is 2.00 bits per heavy atom. The van der Waals surface area contributed by atoms with Crippen molar-refractivity contribution in [3.8, 4) is 0 Å². The molecule has 0 amide bonds. The fourth-order valence-electron chi connectivity index (χ4n) is 1.24. The summed E-state index contributed by atoms with van der Waals surface area (Å²) in [7, 11) is 0. The van der Waals surface area contributed by atoms with E-state index in [9.17, 15) is 22.4 Å². The maximum atomic E-state index is 13.4. The highest BCUT2D eigenvalue weighted by atomic mass is 19.4. The Bertz CT molecular complexity index is 435. The van der Waals surface area contributed by atoms with Gasteiger partial charge >= 0.3 is 6.18 Å². The number of alkyl halides is 3. The summed E-state index contributed by atoms with van der Waals surface area (Å²) in [4.78, 5) is 13.1. The average molecular weight is 233 g/mol. The summed E-state index contributed by atoms with van der Waals surface area (Å²) in [5.74, 6) is -1.40. The van der Waals surface area contributed by atoms with Gasteiger partial charge < -0.3 is 0 Å². The first-order chi connectivity index (χ1) is 7.38. The van der Waals surface area contributed by atoms with Crippen LogP contribution in [-0.2, 0) is 11.0 Å². The predicted molar refractivity (Wildman–Crippen MR) is 47.9 cm³/mol. The van der Waals surface area contributed by atoms with Crippen molar-refractivity contribution in [2.24, 2.45) is 4.99 Å². The number of halogens is 4. The maximum Gasteiger partial charge on any atom is 0.419 e. The van der Waals surface area contributed by atoms with Gasteiger partial charge in [0.05, 0.1) is 11.6 Å². The Balaban J connectivity index is 3.29. The van der Waals surface area contributed by atoms with Gasteiger partial charge in [-0.3, -0.25) is 0 Å². The summed E-state index contributed by atoms with van der Waals surface area (Å²) in [6.07, 6.45) is -3.58. The van der Waals surface area contributed by atoms with Crippen LogP contribution >= 0.6 is 0 Å². The first-order valence-electron chi connectivity index (χ1n) is 4.30. The van der Waals surface area contributed by atoms with Crippen molar-refractivity contribution >= 4 is 6.08 Å². The minimum atomic E-state index is -4.76. The van der Waals surface area contributed by atoms with Gasteiger partial charge in [-0.05, 0) is 13.0 Å². The number of benzene rings is 1. The topological polar surface area (TPSA) is 29.4 Å². The Morgan fingerprint density at radius 1 is 1.38 bits per heavy atom. The van der Waals surface area contributed by atoms with Gasteiger partial charge in [-0.15, -0.1) is 0 Å². The molecule has 16 heavy (non-hydrogen) atoms. The van der Waals surface area contributed by atoms with E-state index < -0.39 is 23.6 Å². The van der Waals surface area contributed by atoms with Gasteiger partial charge in [0, 0.05) is 5.56 Å². The third kappa shape index (κ3) is 2.46. The van der Waals surface area contributed by atoms with E-state index in [4.69, 9.17) is 0 Å². The third-order valence-corrected chi connectivity index (χ3v) is 2.03. The number of isocyanates is 1. The molecule has 0 N–H and O–H groups in total. The Morgan fingerprint density at radius 3 is 2.50 bits per heavy atom. The van der Waals surface area contributed by atoms with Crippen molar-refractivity contribution in [3.05, 3.63) is 35.1 Å². The Hall–Kier alpha value is -1.68. The molecule has 1 rings (SSSR count). The molecule has 0 radical (unpaired) electrons. The average Bonchev–Trinajstić information content (AvgIpc) is 2.16. The van der Waals surface area contributed by atoms with E-state index in [0.717, 1.165) is 12.1 Å². The normalized spacial score (nSPS) is 13.1. The van der Waals surface area contributed by atoms with Crippen LogP contribution in [0.2, 0.25) is 0 Å². The van der Waals surface area contributed by atoms with Gasteiger partial charge in [-0.2, -0.15) is 18.2 Å². The van der Waals surface area contributed by atoms with Crippen molar-refractivity contribution in [1.29, 1.82) is 0 Å². The molecule has 1 aromatic rings. The Kier molecular flexibility index (Phi) is 3.44. The second kappa shape index (κ2) is 4.45. The van der Waals surface area contributed by atoms with Gasteiger partial charge in [0.1, 0.15) is 5.82 Å². The molecule has 1 aromatic carbocycles. The van der Waals surface area contributed by atoms with Crippen LogP contribution in [0.15, 0.2) is 23.2 Å². The van der Waals surface area contributed by atoms with Crippen LogP contribution in [0.4, 0.5) is 17.6 Å². The zero-order valence-electron chi connectivity index (χ0n) is 8.18.